The van der Waals surface area contributed by atoms with Crippen molar-refractivity contribution >= 4 is 34.2 Å². The first-order valence-corrected chi connectivity index (χ1v) is 7.23. The molecule has 0 aliphatic carbocycles. The summed E-state index contributed by atoms with van der Waals surface area (Å²) in [5.74, 6) is -0.336. The second-order valence-electron chi connectivity index (χ2n) is 4.13. The van der Waals surface area contributed by atoms with Crippen LogP contribution in [0.5, 0.6) is 0 Å². The van der Waals surface area contributed by atoms with E-state index in [1.165, 1.54) is 15.8 Å². The third-order valence-electron chi connectivity index (χ3n) is 2.77. The maximum absolute atomic E-state index is 13.8. The quantitative estimate of drug-likeness (QED) is 0.826. The molecular weight excluding hydrogens is 279 g/mol. The van der Waals surface area contributed by atoms with Gasteiger partial charge in [0.25, 0.3) is 0 Å². The zero-order valence-electron chi connectivity index (χ0n) is 10.6. The van der Waals surface area contributed by atoms with E-state index in [0.29, 0.717) is 17.8 Å². The minimum absolute atomic E-state index is 0.205. The Morgan fingerprint density at radius 1 is 1.32 bits per heavy atom. The van der Waals surface area contributed by atoms with E-state index >= 15 is 0 Å². The molecule has 5 heteroatoms. The molecule has 0 fully saturated rings. The van der Waals surface area contributed by atoms with E-state index in [1.54, 1.807) is 23.5 Å². The predicted octanol–water partition coefficient (Wildman–Crippen LogP) is 3.70. The Labute approximate surface area is 121 Å². The Kier molecular flexibility index (Phi) is 4.50. The van der Waals surface area contributed by atoms with E-state index in [1.807, 2.05) is 0 Å². The number of halogens is 1. The highest BCUT2D eigenvalue weighted by Crippen LogP contribution is 2.20. The molecule has 1 aromatic carbocycles. The zero-order valence-corrected chi connectivity index (χ0v) is 12.2. The lowest BCUT2D eigenvalue weighted by molar-refractivity contribution is 0.630. The summed E-state index contributed by atoms with van der Waals surface area (Å²) in [6.07, 6.45) is 1.03. The van der Waals surface area contributed by atoms with Gasteiger partial charge in [0.2, 0.25) is 0 Å². The average Bonchev–Trinajstić information content (AvgIpc) is 2.85. The number of anilines is 1. The smallest absolute Gasteiger partial charge is 0.146 e. The molecule has 0 unspecified atom stereocenters. The lowest BCUT2D eigenvalue weighted by atomic mass is 10.2. The van der Waals surface area contributed by atoms with Crippen molar-refractivity contribution in [2.45, 2.75) is 19.9 Å². The highest BCUT2D eigenvalue weighted by molar-refractivity contribution is 7.80. The summed E-state index contributed by atoms with van der Waals surface area (Å²) in [4.78, 5) is 2.73. The van der Waals surface area contributed by atoms with Crippen LogP contribution in [0.25, 0.3) is 0 Å². The fraction of sp³-hybridized carbons (Fsp3) is 0.214. The Morgan fingerprint density at radius 2 is 2.05 bits per heavy atom. The minimum Gasteiger partial charge on any atom is -0.389 e. The van der Waals surface area contributed by atoms with Gasteiger partial charge in [-0.15, -0.1) is 11.3 Å². The lowest BCUT2D eigenvalue weighted by Crippen LogP contribution is -2.10. The van der Waals surface area contributed by atoms with Crippen LogP contribution in [0.4, 0.5) is 10.1 Å². The third kappa shape index (κ3) is 3.52. The molecule has 0 bridgehead atoms. The van der Waals surface area contributed by atoms with Crippen molar-refractivity contribution in [1.82, 2.24) is 0 Å². The number of aryl methyl sites for hydroxylation is 1. The van der Waals surface area contributed by atoms with Gasteiger partial charge in [0.1, 0.15) is 10.8 Å². The molecule has 2 nitrogen and oxygen atoms in total. The number of nitrogens with two attached hydrogens (primary N) is 1. The van der Waals surface area contributed by atoms with Crippen LogP contribution in [-0.4, -0.2) is 4.99 Å². The van der Waals surface area contributed by atoms with Gasteiger partial charge in [-0.2, -0.15) is 0 Å². The largest absolute Gasteiger partial charge is 0.389 e. The number of nitrogens with one attached hydrogen (secondary N) is 1. The van der Waals surface area contributed by atoms with Crippen LogP contribution in [-0.2, 0) is 13.0 Å². The fourth-order valence-corrected chi connectivity index (χ4v) is 2.73. The van der Waals surface area contributed by atoms with Crippen LogP contribution in [0.3, 0.4) is 0 Å². The maximum Gasteiger partial charge on any atom is 0.146 e. The molecule has 0 atom stereocenters. The van der Waals surface area contributed by atoms with Gasteiger partial charge in [-0.1, -0.05) is 19.1 Å². The summed E-state index contributed by atoms with van der Waals surface area (Å²) >= 11 is 6.55. The molecule has 0 amide bonds. The molecule has 0 spiro atoms. The van der Waals surface area contributed by atoms with Crippen molar-refractivity contribution in [3.8, 4) is 0 Å². The number of hydrogen-bond acceptors (Lipinski definition) is 3. The second kappa shape index (κ2) is 6.12. The van der Waals surface area contributed by atoms with E-state index in [2.05, 4.69) is 24.4 Å². The van der Waals surface area contributed by atoms with E-state index in [4.69, 9.17) is 18.0 Å². The molecule has 0 aliphatic rings. The molecule has 0 radical (unpaired) electrons. The van der Waals surface area contributed by atoms with Crippen molar-refractivity contribution in [2.75, 3.05) is 5.32 Å². The SMILES string of the molecule is CCc1ccc(CNc2ccc(C(N)=S)cc2F)s1. The summed E-state index contributed by atoms with van der Waals surface area (Å²) in [5.41, 5.74) is 6.47. The van der Waals surface area contributed by atoms with Gasteiger partial charge in [0.05, 0.1) is 5.69 Å². The number of thiocarbonyl (C=S) groups is 1. The van der Waals surface area contributed by atoms with Crippen molar-refractivity contribution in [3.05, 3.63) is 51.5 Å². The first-order valence-electron chi connectivity index (χ1n) is 6.01. The van der Waals surface area contributed by atoms with Crippen LogP contribution in [0.15, 0.2) is 30.3 Å². The topological polar surface area (TPSA) is 38.0 Å². The van der Waals surface area contributed by atoms with Gasteiger partial charge in [-0.3, -0.25) is 0 Å². The average molecular weight is 294 g/mol. The van der Waals surface area contributed by atoms with E-state index in [9.17, 15) is 4.39 Å². The molecule has 0 saturated heterocycles. The first kappa shape index (κ1) is 14.0. The van der Waals surface area contributed by atoms with Crippen molar-refractivity contribution < 1.29 is 4.39 Å². The van der Waals surface area contributed by atoms with Crippen molar-refractivity contribution in [1.29, 1.82) is 0 Å². The molecule has 19 heavy (non-hydrogen) atoms. The van der Waals surface area contributed by atoms with Crippen LogP contribution in [0.1, 0.15) is 22.2 Å². The van der Waals surface area contributed by atoms with Gasteiger partial charge in [-0.25, -0.2) is 4.39 Å². The highest BCUT2D eigenvalue weighted by atomic mass is 32.1. The molecule has 2 rings (SSSR count). The van der Waals surface area contributed by atoms with Crippen LogP contribution < -0.4 is 11.1 Å². The summed E-state index contributed by atoms with van der Waals surface area (Å²) in [6, 6.07) is 8.92. The zero-order chi connectivity index (χ0) is 13.8. The maximum atomic E-state index is 13.8. The minimum atomic E-state index is -0.336. The normalized spacial score (nSPS) is 10.4. The number of thiophene rings is 1. The monoisotopic (exact) mass is 294 g/mol. The second-order valence-corrected chi connectivity index (χ2v) is 5.83. The number of hydrogen-bond donors (Lipinski definition) is 2. The molecule has 1 heterocycles. The van der Waals surface area contributed by atoms with Crippen molar-refractivity contribution in [2.24, 2.45) is 5.73 Å². The summed E-state index contributed by atoms with van der Waals surface area (Å²) in [6.45, 7) is 2.74. The first-order chi connectivity index (χ1) is 9.10. The molecule has 2 aromatic rings. The Morgan fingerprint density at radius 3 is 2.63 bits per heavy atom. The summed E-state index contributed by atoms with van der Waals surface area (Å²) < 4.78 is 13.8. The highest BCUT2D eigenvalue weighted by Gasteiger charge is 2.05. The standard InChI is InChI=1S/C14H15FN2S2/c1-2-10-4-5-11(19-10)8-17-13-6-3-9(14(16)18)7-12(13)15/h3-7,17H,2,8H2,1H3,(H2,16,18). The number of rotatable bonds is 5. The van der Waals surface area contributed by atoms with Crippen LogP contribution in [0.2, 0.25) is 0 Å². The fourth-order valence-electron chi connectivity index (χ4n) is 1.70. The number of benzene rings is 1. The lowest BCUT2D eigenvalue weighted by Gasteiger charge is -2.07. The molecule has 0 aliphatic heterocycles. The molecule has 0 saturated carbocycles. The summed E-state index contributed by atoms with van der Waals surface area (Å²) in [7, 11) is 0. The van der Waals surface area contributed by atoms with Gasteiger partial charge >= 0.3 is 0 Å². The summed E-state index contributed by atoms with van der Waals surface area (Å²) in [5, 5.41) is 3.08. The molecule has 1 aromatic heterocycles. The molecule has 100 valence electrons. The molecular formula is C14H15FN2S2. The van der Waals surface area contributed by atoms with Gasteiger partial charge in [0.15, 0.2) is 0 Å². The van der Waals surface area contributed by atoms with Gasteiger partial charge in [-0.05, 0) is 36.8 Å². The Balaban J connectivity index is 2.05. The van der Waals surface area contributed by atoms with Gasteiger partial charge < -0.3 is 11.1 Å². The van der Waals surface area contributed by atoms with Crippen molar-refractivity contribution in [3.63, 3.8) is 0 Å². The third-order valence-corrected chi connectivity index (χ3v) is 4.24. The van der Waals surface area contributed by atoms with E-state index in [-0.39, 0.29) is 10.8 Å². The van der Waals surface area contributed by atoms with E-state index < -0.39 is 0 Å². The van der Waals surface area contributed by atoms with Crippen LogP contribution >= 0.6 is 23.6 Å². The Hall–Kier alpha value is -1.46. The van der Waals surface area contributed by atoms with E-state index in [0.717, 1.165) is 6.42 Å². The molecule has 3 N–H and O–H groups in total. The van der Waals surface area contributed by atoms with Gasteiger partial charge in [0, 0.05) is 21.9 Å². The Bertz CT molecular complexity index is 593. The van der Waals surface area contributed by atoms with Crippen LogP contribution in [0, 0.1) is 5.82 Å². The predicted molar refractivity (Wildman–Crippen MR) is 83.3 cm³/mol.